The molecule has 2 N–H and O–H groups in total. The van der Waals surface area contributed by atoms with Crippen LogP contribution in [0, 0.1) is 0 Å². The summed E-state index contributed by atoms with van der Waals surface area (Å²) in [5.41, 5.74) is 4.14. The molecule has 4 nitrogen and oxygen atoms in total. The molecule has 1 amide bonds. The van der Waals surface area contributed by atoms with Crippen molar-refractivity contribution in [3.8, 4) is 0 Å². The van der Waals surface area contributed by atoms with E-state index in [0.29, 0.717) is 12.2 Å². The number of amides is 1. The highest BCUT2D eigenvalue weighted by Crippen LogP contribution is 2.34. The lowest BCUT2D eigenvalue weighted by Crippen LogP contribution is -2.40. The third-order valence-electron chi connectivity index (χ3n) is 2.09. The monoisotopic (exact) mass is 179 g/mol. The van der Waals surface area contributed by atoms with Crippen molar-refractivity contribution in [1.82, 2.24) is 0 Å². The molecule has 1 aromatic rings. The molecule has 1 aromatic heterocycles. The van der Waals surface area contributed by atoms with E-state index in [1.807, 2.05) is 0 Å². The van der Waals surface area contributed by atoms with E-state index in [9.17, 15) is 4.79 Å². The minimum Gasteiger partial charge on any atom is -0.477 e. The summed E-state index contributed by atoms with van der Waals surface area (Å²) in [4.78, 5) is 11.2. The van der Waals surface area contributed by atoms with Gasteiger partial charge in [0.2, 0.25) is 5.60 Å². The predicted octanol–water partition coefficient (Wildman–Crippen LogP) is 0.894. The number of carbonyl (C=O) groups is 1. The summed E-state index contributed by atoms with van der Waals surface area (Å²) in [5.74, 6) is -0.0857. The summed E-state index contributed by atoms with van der Waals surface area (Å²) >= 11 is 0. The summed E-state index contributed by atoms with van der Waals surface area (Å²) in [7, 11) is 0. The Balaban J connectivity index is 2.41. The molecule has 2 rings (SSSR count). The van der Waals surface area contributed by atoms with Gasteiger partial charge < -0.3 is 14.9 Å². The van der Waals surface area contributed by atoms with Crippen LogP contribution in [0.15, 0.2) is 35.2 Å². The van der Waals surface area contributed by atoms with Gasteiger partial charge in [-0.2, -0.15) is 0 Å². The highest BCUT2D eigenvalue weighted by atomic mass is 16.5. The summed E-state index contributed by atoms with van der Waals surface area (Å²) in [6.07, 6.45) is 5.12. The lowest BCUT2D eigenvalue weighted by Gasteiger charge is -2.21. The first-order valence-electron chi connectivity index (χ1n) is 3.92. The Labute approximate surface area is 75.0 Å². The highest BCUT2D eigenvalue weighted by Gasteiger charge is 2.44. The molecule has 0 aliphatic carbocycles. The molecule has 0 bridgehead atoms. The quantitative estimate of drug-likeness (QED) is 0.733. The largest absolute Gasteiger partial charge is 0.477 e. The number of furan rings is 1. The van der Waals surface area contributed by atoms with Gasteiger partial charge in [-0.1, -0.05) is 0 Å². The van der Waals surface area contributed by atoms with Gasteiger partial charge >= 0.3 is 0 Å². The molecular weight excluding hydrogens is 170 g/mol. The van der Waals surface area contributed by atoms with Crippen molar-refractivity contribution in [3.05, 3.63) is 36.5 Å². The van der Waals surface area contributed by atoms with Crippen molar-refractivity contribution in [3.63, 3.8) is 0 Å². The van der Waals surface area contributed by atoms with Gasteiger partial charge in [-0.3, -0.25) is 4.79 Å². The van der Waals surface area contributed by atoms with Gasteiger partial charge in [0, 0.05) is 6.42 Å². The number of hydrogen-bond donors (Lipinski definition) is 1. The maximum atomic E-state index is 11.2. The van der Waals surface area contributed by atoms with Gasteiger partial charge in [0.25, 0.3) is 5.91 Å². The Hall–Kier alpha value is -1.71. The van der Waals surface area contributed by atoms with E-state index in [4.69, 9.17) is 14.9 Å². The van der Waals surface area contributed by atoms with Crippen LogP contribution in [0.2, 0.25) is 0 Å². The number of rotatable bonds is 2. The van der Waals surface area contributed by atoms with Crippen LogP contribution in [0.25, 0.3) is 0 Å². The zero-order valence-electron chi connectivity index (χ0n) is 6.90. The fourth-order valence-electron chi connectivity index (χ4n) is 1.37. The fraction of sp³-hybridized carbons (Fsp3) is 0.222. The molecular formula is C9H9NO3. The van der Waals surface area contributed by atoms with Crippen LogP contribution in [0.5, 0.6) is 0 Å². The van der Waals surface area contributed by atoms with Gasteiger partial charge in [-0.05, 0) is 18.2 Å². The smallest absolute Gasteiger partial charge is 0.269 e. The molecule has 1 atom stereocenters. The molecule has 0 saturated heterocycles. The third-order valence-corrected chi connectivity index (χ3v) is 2.09. The Morgan fingerprint density at radius 1 is 1.62 bits per heavy atom. The molecule has 4 heteroatoms. The number of ether oxygens (including phenoxy) is 1. The van der Waals surface area contributed by atoms with Crippen molar-refractivity contribution < 1.29 is 13.9 Å². The van der Waals surface area contributed by atoms with E-state index in [2.05, 4.69) is 0 Å². The topological polar surface area (TPSA) is 65.5 Å². The fourth-order valence-corrected chi connectivity index (χ4v) is 1.37. The van der Waals surface area contributed by atoms with Gasteiger partial charge in [0.1, 0.15) is 0 Å². The maximum Gasteiger partial charge on any atom is 0.269 e. The van der Waals surface area contributed by atoms with Crippen LogP contribution in [-0.4, -0.2) is 5.91 Å². The molecule has 0 aromatic carbocycles. The van der Waals surface area contributed by atoms with Gasteiger partial charge in [0.05, 0.1) is 12.5 Å². The van der Waals surface area contributed by atoms with Gasteiger partial charge in [-0.25, -0.2) is 0 Å². The van der Waals surface area contributed by atoms with Crippen LogP contribution in [0.3, 0.4) is 0 Å². The van der Waals surface area contributed by atoms with Crippen molar-refractivity contribution in [2.45, 2.75) is 12.0 Å². The molecule has 2 heterocycles. The molecule has 0 fully saturated rings. The molecule has 0 radical (unpaired) electrons. The van der Waals surface area contributed by atoms with Crippen LogP contribution in [0.4, 0.5) is 0 Å². The zero-order chi connectivity index (χ0) is 9.31. The molecule has 68 valence electrons. The average Bonchev–Trinajstić information content (AvgIpc) is 2.75. The van der Waals surface area contributed by atoms with Crippen molar-refractivity contribution in [2.24, 2.45) is 5.73 Å². The first-order chi connectivity index (χ1) is 6.26. The molecule has 0 spiro atoms. The Bertz CT molecular complexity index is 332. The second-order valence-corrected chi connectivity index (χ2v) is 2.86. The van der Waals surface area contributed by atoms with Crippen molar-refractivity contribution in [1.29, 1.82) is 0 Å². The maximum absolute atomic E-state index is 11.2. The summed E-state index contributed by atoms with van der Waals surface area (Å²) in [5, 5.41) is 0. The van der Waals surface area contributed by atoms with Crippen LogP contribution < -0.4 is 5.73 Å². The minimum atomic E-state index is -1.12. The predicted molar refractivity (Wildman–Crippen MR) is 44.4 cm³/mol. The zero-order valence-corrected chi connectivity index (χ0v) is 6.90. The third kappa shape index (κ3) is 1.02. The van der Waals surface area contributed by atoms with Gasteiger partial charge in [-0.15, -0.1) is 0 Å². The second-order valence-electron chi connectivity index (χ2n) is 2.86. The lowest BCUT2D eigenvalue weighted by molar-refractivity contribution is -0.137. The molecule has 13 heavy (non-hydrogen) atoms. The van der Waals surface area contributed by atoms with E-state index in [1.54, 1.807) is 18.2 Å². The van der Waals surface area contributed by atoms with Crippen LogP contribution in [-0.2, 0) is 15.1 Å². The van der Waals surface area contributed by atoms with E-state index >= 15 is 0 Å². The SMILES string of the molecule is NC(=O)C1(c2ccco2)CC=CO1. The standard InChI is InChI=1S/C9H9NO3/c10-8(11)9(4-2-6-13-9)7-3-1-5-12-7/h1-3,5-6H,4H2,(H2,10,11). The van der Waals surface area contributed by atoms with Crippen LogP contribution in [0.1, 0.15) is 12.2 Å². The average molecular weight is 179 g/mol. The van der Waals surface area contributed by atoms with E-state index in [-0.39, 0.29) is 0 Å². The number of hydrogen-bond acceptors (Lipinski definition) is 3. The number of carbonyl (C=O) groups excluding carboxylic acids is 1. The minimum absolute atomic E-state index is 0.426. The van der Waals surface area contributed by atoms with E-state index < -0.39 is 11.5 Å². The van der Waals surface area contributed by atoms with Gasteiger partial charge in [0.15, 0.2) is 5.76 Å². The van der Waals surface area contributed by atoms with Crippen molar-refractivity contribution in [2.75, 3.05) is 0 Å². The van der Waals surface area contributed by atoms with E-state index in [1.165, 1.54) is 12.5 Å². The molecule has 1 unspecified atom stereocenters. The highest BCUT2D eigenvalue weighted by molar-refractivity contribution is 5.85. The van der Waals surface area contributed by atoms with Crippen LogP contribution >= 0.6 is 0 Å². The first-order valence-corrected chi connectivity index (χ1v) is 3.92. The Kier molecular flexibility index (Phi) is 1.62. The Morgan fingerprint density at radius 3 is 2.92 bits per heavy atom. The summed E-state index contributed by atoms with van der Waals surface area (Å²) in [6, 6.07) is 3.37. The second kappa shape index (κ2) is 2.65. The molecule has 0 saturated carbocycles. The van der Waals surface area contributed by atoms with E-state index in [0.717, 1.165) is 0 Å². The number of primary amides is 1. The molecule has 1 aliphatic heterocycles. The van der Waals surface area contributed by atoms with Crippen molar-refractivity contribution >= 4 is 5.91 Å². The molecule has 1 aliphatic rings. The summed E-state index contributed by atoms with van der Waals surface area (Å²) in [6.45, 7) is 0. The first kappa shape index (κ1) is 7.91. The summed E-state index contributed by atoms with van der Waals surface area (Å²) < 4.78 is 10.3. The normalized spacial score (nSPS) is 25.8. The number of nitrogens with two attached hydrogens (primary N) is 1. The lowest BCUT2D eigenvalue weighted by atomic mass is 9.97. The Morgan fingerprint density at radius 2 is 2.46 bits per heavy atom.